The molecule has 0 amide bonds. The second kappa shape index (κ2) is 10.2. The third-order valence-electron chi connectivity index (χ3n) is 3.02. The molecule has 0 spiro atoms. The number of ether oxygens (including phenoxy) is 2. The first kappa shape index (κ1) is 17.5. The summed E-state index contributed by atoms with van der Waals surface area (Å²) in [5.74, 6) is 0.934. The van der Waals surface area contributed by atoms with Crippen molar-refractivity contribution in [3.63, 3.8) is 0 Å². The molecule has 0 saturated carbocycles. The lowest BCUT2D eigenvalue weighted by Gasteiger charge is -2.11. The van der Waals surface area contributed by atoms with Crippen LogP contribution in [0.25, 0.3) is 0 Å². The van der Waals surface area contributed by atoms with Crippen LogP contribution in [0.4, 0.5) is 0 Å². The van der Waals surface area contributed by atoms with E-state index < -0.39 is 0 Å². The van der Waals surface area contributed by atoms with Crippen molar-refractivity contribution in [1.82, 2.24) is 5.32 Å². The summed E-state index contributed by atoms with van der Waals surface area (Å²) in [6.45, 7) is 10.4. The highest BCUT2D eigenvalue weighted by molar-refractivity contribution is 9.10. The molecule has 0 saturated heterocycles. The van der Waals surface area contributed by atoms with Gasteiger partial charge in [0.1, 0.15) is 12.4 Å². The fourth-order valence-electron chi connectivity index (χ4n) is 1.85. The monoisotopic (exact) mass is 343 g/mol. The maximum atomic E-state index is 5.74. The molecule has 3 nitrogen and oxygen atoms in total. The van der Waals surface area contributed by atoms with Crippen molar-refractivity contribution < 1.29 is 9.47 Å². The first-order valence-electron chi connectivity index (χ1n) is 7.33. The van der Waals surface area contributed by atoms with E-state index in [1.807, 2.05) is 0 Å². The van der Waals surface area contributed by atoms with E-state index in [2.05, 4.69) is 54.2 Å². The molecule has 0 bridgehead atoms. The van der Waals surface area contributed by atoms with Gasteiger partial charge >= 0.3 is 0 Å². The van der Waals surface area contributed by atoms with Gasteiger partial charge in [-0.15, -0.1) is 0 Å². The van der Waals surface area contributed by atoms with Gasteiger partial charge in [0, 0.05) is 24.2 Å². The van der Waals surface area contributed by atoms with E-state index in [1.165, 1.54) is 17.5 Å². The fraction of sp³-hybridized carbons (Fsp3) is 0.625. The third kappa shape index (κ3) is 6.73. The van der Waals surface area contributed by atoms with Crippen LogP contribution in [0, 0.1) is 13.8 Å². The highest BCUT2D eigenvalue weighted by Gasteiger charge is 2.02. The second-order valence-electron chi connectivity index (χ2n) is 4.94. The summed E-state index contributed by atoms with van der Waals surface area (Å²) >= 11 is 3.56. The van der Waals surface area contributed by atoms with Crippen LogP contribution in [0.2, 0.25) is 0 Å². The number of halogens is 1. The quantitative estimate of drug-likeness (QED) is 0.654. The SMILES string of the molecule is CCCCOCCNCCOc1cc(C)c(Br)c(C)c1. The largest absolute Gasteiger partial charge is 0.492 e. The smallest absolute Gasteiger partial charge is 0.119 e. The molecule has 0 aliphatic rings. The standard InChI is InChI=1S/C16H26BrNO2/c1-4-5-8-19-9-6-18-7-10-20-15-11-13(2)16(17)14(3)12-15/h11-12,18H,4-10H2,1-3H3. The lowest BCUT2D eigenvalue weighted by Crippen LogP contribution is -2.25. The van der Waals surface area contributed by atoms with Crippen molar-refractivity contribution in [2.45, 2.75) is 33.6 Å². The van der Waals surface area contributed by atoms with Gasteiger partial charge in [0.15, 0.2) is 0 Å². The van der Waals surface area contributed by atoms with E-state index >= 15 is 0 Å². The number of nitrogens with one attached hydrogen (secondary N) is 1. The predicted octanol–water partition coefficient (Wildman–Crippen LogP) is 3.85. The summed E-state index contributed by atoms with van der Waals surface area (Å²) in [6.07, 6.45) is 2.33. The van der Waals surface area contributed by atoms with Gasteiger partial charge < -0.3 is 14.8 Å². The minimum absolute atomic E-state index is 0.676. The molecule has 0 heterocycles. The Labute approximate surface area is 131 Å². The lowest BCUT2D eigenvalue weighted by molar-refractivity contribution is 0.132. The van der Waals surface area contributed by atoms with Crippen LogP contribution >= 0.6 is 15.9 Å². The molecule has 0 aromatic heterocycles. The maximum Gasteiger partial charge on any atom is 0.119 e. The Morgan fingerprint density at radius 1 is 1.05 bits per heavy atom. The van der Waals surface area contributed by atoms with Gasteiger partial charge in [-0.3, -0.25) is 0 Å². The molecule has 0 aliphatic heterocycles. The van der Waals surface area contributed by atoms with Crippen LogP contribution < -0.4 is 10.1 Å². The Bertz CT molecular complexity index is 373. The van der Waals surface area contributed by atoms with Crippen LogP contribution in [0.15, 0.2) is 16.6 Å². The molecule has 0 fully saturated rings. The molecule has 114 valence electrons. The Hall–Kier alpha value is -0.580. The Kier molecular flexibility index (Phi) is 8.90. The van der Waals surface area contributed by atoms with Gasteiger partial charge in [-0.2, -0.15) is 0 Å². The average Bonchev–Trinajstić information content (AvgIpc) is 2.43. The zero-order valence-corrected chi connectivity index (χ0v) is 14.4. The summed E-state index contributed by atoms with van der Waals surface area (Å²) < 4.78 is 12.4. The molecule has 4 heteroatoms. The Morgan fingerprint density at radius 3 is 2.35 bits per heavy atom. The first-order valence-corrected chi connectivity index (χ1v) is 8.12. The summed E-state index contributed by atoms with van der Waals surface area (Å²) in [4.78, 5) is 0. The van der Waals surface area contributed by atoms with Gasteiger partial charge in [0.05, 0.1) is 6.61 Å². The van der Waals surface area contributed by atoms with Crippen LogP contribution in [-0.2, 0) is 4.74 Å². The highest BCUT2D eigenvalue weighted by atomic mass is 79.9. The van der Waals surface area contributed by atoms with E-state index in [1.54, 1.807) is 0 Å². The Morgan fingerprint density at radius 2 is 1.70 bits per heavy atom. The molecule has 1 aromatic carbocycles. The van der Waals surface area contributed by atoms with Gasteiger partial charge in [0.2, 0.25) is 0 Å². The van der Waals surface area contributed by atoms with Crippen molar-refractivity contribution in [2.24, 2.45) is 0 Å². The summed E-state index contributed by atoms with van der Waals surface area (Å²) in [5, 5.41) is 3.31. The van der Waals surface area contributed by atoms with Gasteiger partial charge in [0.25, 0.3) is 0 Å². The molecular formula is C16H26BrNO2. The summed E-state index contributed by atoms with van der Waals surface area (Å²) in [6, 6.07) is 4.12. The molecule has 0 radical (unpaired) electrons. The first-order chi connectivity index (χ1) is 9.65. The fourth-order valence-corrected chi connectivity index (χ4v) is 2.08. The number of benzene rings is 1. The predicted molar refractivity (Wildman–Crippen MR) is 87.7 cm³/mol. The van der Waals surface area contributed by atoms with Crippen molar-refractivity contribution >= 4 is 15.9 Å². The molecule has 1 rings (SSSR count). The zero-order valence-electron chi connectivity index (χ0n) is 12.8. The Balaban J connectivity index is 2.10. The van der Waals surface area contributed by atoms with Gasteiger partial charge in [-0.1, -0.05) is 29.3 Å². The minimum atomic E-state index is 0.676. The highest BCUT2D eigenvalue weighted by Crippen LogP contribution is 2.26. The van der Waals surface area contributed by atoms with Crippen molar-refractivity contribution in [1.29, 1.82) is 0 Å². The zero-order chi connectivity index (χ0) is 14.8. The number of unbranched alkanes of at least 4 members (excludes halogenated alkanes) is 1. The van der Waals surface area contributed by atoms with E-state index in [-0.39, 0.29) is 0 Å². The van der Waals surface area contributed by atoms with Crippen molar-refractivity contribution in [2.75, 3.05) is 32.9 Å². The van der Waals surface area contributed by atoms with Crippen LogP contribution in [0.5, 0.6) is 5.75 Å². The number of rotatable bonds is 10. The topological polar surface area (TPSA) is 30.5 Å². The maximum absolute atomic E-state index is 5.74. The van der Waals surface area contributed by atoms with Crippen LogP contribution in [0.3, 0.4) is 0 Å². The van der Waals surface area contributed by atoms with E-state index in [4.69, 9.17) is 9.47 Å². The van der Waals surface area contributed by atoms with Crippen LogP contribution in [0.1, 0.15) is 30.9 Å². The molecule has 0 aliphatic carbocycles. The van der Waals surface area contributed by atoms with E-state index in [0.717, 1.165) is 42.9 Å². The van der Waals surface area contributed by atoms with Gasteiger partial charge in [-0.25, -0.2) is 0 Å². The van der Waals surface area contributed by atoms with E-state index in [9.17, 15) is 0 Å². The van der Waals surface area contributed by atoms with Crippen LogP contribution in [-0.4, -0.2) is 32.9 Å². The molecule has 1 N–H and O–H groups in total. The average molecular weight is 344 g/mol. The molecule has 0 atom stereocenters. The van der Waals surface area contributed by atoms with E-state index in [0.29, 0.717) is 6.61 Å². The molecular weight excluding hydrogens is 318 g/mol. The second-order valence-corrected chi connectivity index (χ2v) is 5.73. The van der Waals surface area contributed by atoms with Gasteiger partial charge in [-0.05, 0) is 43.5 Å². The third-order valence-corrected chi connectivity index (χ3v) is 4.27. The van der Waals surface area contributed by atoms with Crippen molar-refractivity contribution in [3.05, 3.63) is 27.7 Å². The minimum Gasteiger partial charge on any atom is -0.492 e. The number of hydrogen-bond acceptors (Lipinski definition) is 3. The molecule has 1 aromatic rings. The number of aryl methyl sites for hydroxylation is 2. The summed E-state index contributed by atoms with van der Waals surface area (Å²) in [7, 11) is 0. The lowest BCUT2D eigenvalue weighted by atomic mass is 10.1. The molecule has 20 heavy (non-hydrogen) atoms. The number of hydrogen-bond donors (Lipinski definition) is 1. The summed E-state index contributed by atoms with van der Waals surface area (Å²) in [5.41, 5.74) is 2.41. The van der Waals surface area contributed by atoms with Crippen molar-refractivity contribution in [3.8, 4) is 5.75 Å². The molecule has 0 unspecified atom stereocenters. The normalized spacial score (nSPS) is 10.8.